The Morgan fingerprint density at radius 1 is 1.00 bits per heavy atom. The summed E-state index contributed by atoms with van der Waals surface area (Å²) < 4.78 is 46.7. The largest absolute Gasteiger partial charge is 0.497 e. The van der Waals surface area contributed by atoms with Crippen molar-refractivity contribution in [2.45, 2.75) is 9.92 Å². The zero-order valence-electron chi connectivity index (χ0n) is 17.3. The second kappa shape index (κ2) is 8.06. The quantitative estimate of drug-likeness (QED) is 0.392. The van der Waals surface area contributed by atoms with E-state index in [1.54, 1.807) is 53.4 Å². The van der Waals surface area contributed by atoms with E-state index in [1.807, 2.05) is 0 Å². The lowest BCUT2D eigenvalue weighted by Gasteiger charge is -2.07. The van der Waals surface area contributed by atoms with Gasteiger partial charge in [0, 0.05) is 24.0 Å². The Balaban J connectivity index is 1.67. The average molecular weight is 461 g/mol. The van der Waals surface area contributed by atoms with Crippen LogP contribution in [-0.2, 0) is 9.84 Å². The predicted molar refractivity (Wildman–Crippen MR) is 118 cm³/mol. The molecule has 0 amide bonds. The molecule has 0 saturated heterocycles. The molecule has 0 aliphatic carbocycles. The smallest absolute Gasteiger partial charge is 0.225 e. The van der Waals surface area contributed by atoms with Gasteiger partial charge in [-0.25, -0.2) is 17.3 Å². The van der Waals surface area contributed by atoms with Gasteiger partial charge in [0.05, 0.1) is 35.0 Å². The van der Waals surface area contributed by atoms with Crippen LogP contribution in [0, 0.1) is 5.82 Å². The number of hydrogen-bond donors (Lipinski definition) is 0. The van der Waals surface area contributed by atoms with Crippen LogP contribution in [0.3, 0.4) is 0 Å². The molecular weight excluding hydrogens is 445 g/mol. The molecule has 0 aliphatic heterocycles. The van der Waals surface area contributed by atoms with Gasteiger partial charge < -0.3 is 4.74 Å². The van der Waals surface area contributed by atoms with Gasteiger partial charge in [-0.05, 0) is 36.4 Å². The van der Waals surface area contributed by atoms with E-state index in [4.69, 9.17) is 4.74 Å². The van der Waals surface area contributed by atoms with Gasteiger partial charge >= 0.3 is 0 Å². The fourth-order valence-corrected chi connectivity index (χ4v) is 4.64. The van der Waals surface area contributed by atoms with Crippen LogP contribution in [0.1, 0.15) is 0 Å². The van der Waals surface area contributed by atoms with Crippen LogP contribution in [0.2, 0.25) is 0 Å². The molecule has 3 heterocycles. The molecule has 0 N–H and O–H groups in total. The van der Waals surface area contributed by atoms with Crippen molar-refractivity contribution < 1.29 is 17.5 Å². The number of rotatable bonds is 5. The highest BCUT2D eigenvalue weighted by Crippen LogP contribution is 2.35. The van der Waals surface area contributed by atoms with Crippen LogP contribution in [0.4, 0.5) is 4.39 Å². The van der Waals surface area contributed by atoms with Crippen molar-refractivity contribution in [1.29, 1.82) is 0 Å². The van der Waals surface area contributed by atoms with Gasteiger partial charge in [-0.2, -0.15) is 5.10 Å². The first kappa shape index (κ1) is 20.7. The molecule has 164 valence electrons. The summed E-state index contributed by atoms with van der Waals surface area (Å²) >= 11 is 0. The maximum Gasteiger partial charge on any atom is 0.225 e. The van der Waals surface area contributed by atoms with Crippen molar-refractivity contribution in [3.05, 3.63) is 85.1 Å². The molecule has 5 aromatic rings. The summed E-state index contributed by atoms with van der Waals surface area (Å²) in [6.07, 6.45) is 4.82. The minimum absolute atomic E-state index is 0.125. The van der Waals surface area contributed by atoms with Gasteiger partial charge in [0.25, 0.3) is 0 Å². The lowest BCUT2D eigenvalue weighted by atomic mass is 10.0. The van der Waals surface area contributed by atoms with Gasteiger partial charge in [0.1, 0.15) is 17.3 Å². The Labute approximate surface area is 188 Å². The van der Waals surface area contributed by atoms with Gasteiger partial charge in [-0.3, -0.25) is 4.98 Å². The summed E-state index contributed by atoms with van der Waals surface area (Å²) in [7, 11) is -2.37. The Kier molecular flexibility index (Phi) is 5.06. The molecule has 5 rings (SSSR count). The van der Waals surface area contributed by atoms with Gasteiger partial charge in [0.15, 0.2) is 5.03 Å². The number of nitrogens with zero attached hydrogens (tertiary/aromatic N) is 5. The Hall–Kier alpha value is -4.18. The maximum atomic E-state index is 14.2. The van der Waals surface area contributed by atoms with Crippen LogP contribution in [0.15, 0.2) is 89.2 Å². The van der Waals surface area contributed by atoms with Crippen molar-refractivity contribution >= 4 is 15.4 Å². The first-order chi connectivity index (χ1) is 16.0. The standard InChI is InChI=1S/C23H16FN5O3S/c1-32-17-12-15(11-16(24)13-17)23-22(20-14-25-9-10-29(20)28-23)19-7-8-21(27-26-19)33(30,31)18-5-3-2-4-6-18/h2-14H,1H3. The monoisotopic (exact) mass is 461 g/mol. The minimum Gasteiger partial charge on any atom is -0.497 e. The molecule has 0 radical (unpaired) electrons. The average Bonchev–Trinajstić information content (AvgIpc) is 3.24. The number of ether oxygens (including phenoxy) is 1. The molecule has 0 atom stereocenters. The lowest BCUT2D eigenvalue weighted by Crippen LogP contribution is -2.05. The van der Waals surface area contributed by atoms with Crippen LogP contribution in [0.5, 0.6) is 5.75 Å². The second-order valence-electron chi connectivity index (χ2n) is 7.08. The van der Waals surface area contributed by atoms with E-state index < -0.39 is 15.7 Å². The number of fused-ring (bicyclic) bond motifs is 1. The summed E-state index contributed by atoms with van der Waals surface area (Å²) in [6.45, 7) is 0. The van der Waals surface area contributed by atoms with Crippen LogP contribution in [0.25, 0.3) is 28.0 Å². The predicted octanol–water partition coefficient (Wildman–Crippen LogP) is 3.83. The van der Waals surface area contributed by atoms with Crippen molar-refractivity contribution in [3.63, 3.8) is 0 Å². The molecule has 0 spiro atoms. The Morgan fingerprint density at radius 2 is 1.82 bits per heavy atom. The molecule has 0 aliphatic rings. The molecule has 0 fully saturated rings. The number of benzene rings is 2. The number of sulfone groups is 1. The molecular formula is C23H16FN5O3S. The second-order valence-corrected chi connectivity index (χ2v) is 8.98. The van der Waals surface area contributed by atoms with Crippen molar-refractivity contribution in [1.82, 2.24) is 24.8 Å². The van der Waals surface area contributed by atoms with Crippen molar-refractivity contribution in [2.75, 3.05) is 7.11 Å². The van der Waals surface area contributed by atoms with Gasteiger partial charge in [-0.15, -0.1) is 10.2 Å². The molecule has 8 nitrogen and oxygen atoms in total. The summed E-state index contributed by atoms with van der Waals surface area (Å²) in [5.41, 5.74) is 2.39. The topological polar surface area (TPSA) is 99.3 Å². The lowest BCUT2D eigenvalue weighted by molar-refractivity contribution is 0.411. The third kappa shape index (κ3) is 3.70. The first-order valence-corrected chi connectivity index (χ1v) is 11.3. The summed E-state index contributed by atoms with van der Waals surface area (Å²) in [5, 5.41) is 12.5. The number of methoxy groups -OCH3 is 1. The molecule has 2 aromatic carbocycles. The summed E-state index contributed by atoms with van der Waals surface area (Å²) in [5.74, 6) is -0.151. The van der Waals surface area contributed by atoms with Crippen LogP contribution >= 0.6 is 0 Å². The SMILES string of the molecule is COc1cc(F)cc(-c2nn3ccncc3c2-c2ccc(S(=O)(=O)c3ccccc3)nn2)c1. The van der Waals surface area contributed by atoms with E-state index in [1.165, 1.54) is 37.4 Å². The molecule has 0 bridgehead atoms. The number of hydrogen-bond acceptors (Lipinski definition) is 7. The maximum absolute atomic E-state index is 14.2. The van der Waals surface area contributed by atoms with Crippen LogP contribution in [-0.4, -0.2) is 40.3 Å². The zero-order valence-corrected chi connectivity index (χ0v) is 18.1. The third-order valence-corrected chi connectivity index (χ3v) is 6.70. The first-order valence-electron chi connectivity index (χ1n) is 9.79. The van der Waals surface area contributed by atoms with E-state index in [-0.39, 0.29) is 9.92 Å². The Morgan fingerprint density at radius 3 is 2.55 bits per heavy atom. The zero-order chi connectivity index (χ0) is 23.0. The highest BCUT2D eigenvalue weighted by Gasteiger charge is 2.23. The van der Waals surface area contributed by atoms with E-state index in [0.717, 1.165) is 0 Å². The molecule has 0 saturated carbocycles. The number of halogens is 1. The molecule has 10 heteroatoms. The number of aromatic nitrogens is 5. The van der Waals surface area contributed by atoms with E-state index >= 15 is 0 Å². The molecule has 0 unspecified atom stereocenters. The van der Waals surface area contributed by atoms with E-state index in [2.05, 4.69) is 20.3 Å². The fourth-order valence-electron chi connectivity index (χ4n) is 3.49. The highest BCUT2D eigenvalue weighted by molar-refractivity contribution is 7.91. The van der Waals surface area contributed by atoms with Gasteiger partial charge in [-0.1, -0.05) is 18.2 Å². The molecule has 33 heavy (non-hydrogen) atoms. The minimum atomic E-state index is -3.82. The summed E-state index contributed by atoms with van der Waals surface area (Å²) in [4.78, 5) is 4.27. The fraction of sp³-hybridized carbons (Fsp3) is 0.0435. The van der Waals surface area contributed by atoms with Crippen molar-refractivity contribution in [2.24, 2.45) is 0 Å². The normalized spacial score (nSPS) is 11.6. The highest BCUT2D eigenvalue weighted by atomic mass is 32.2. The van der Waals surface area contributed by atoms with Crippen molar-refractivity contribution in [3.8, 4) is 28.3 Å². The summed E-state index contributed by atoms with van der Waals surface area (Å²) in [6, 6.07) is 15.2. The molecule has 3 aromatic heterocycles. The van der Waals surface area contributed by atoms with E-state index in [9.17, 15) is 12.8 Å². The van der Waals surface area contributed by atoms with Gasteiger partial charge in [0.2, 0.25) is 9.84 Å². The Bertz CT molecular complexity index is 1570. The van der Waals surface area contributed by atoms with Crippen LogP contribution < -0.4 is 4.74 Å². The van der Waals surface area contributed by atoms with E-state index in [0.29, 0.717) is 33.8 Å². The third-order valence-electron chi connectivity index (χ3n) is 5.04.